The third kappa shape index (κ3) is 3.91. The van der Waals surface area contributed by atoms with E-state index < -0.39 is 36.7 Å². The van der Waals surface area contributed by atoms with Crippen LogP contribution < -0.4 is 5.32 Å². The highest BCUT2D eigenvalue weighted by molar-refractivity contribution is 6.31. The smallest absolute Gasteiger partial charge is 0.326 e. The SMILES string of the molecule is O=C(O)C(CC(F)F)NC(=O)C1CC1c1ccccc1Cl. The Morgan fingerprint density at radius 3 is 2.62 bits per heavy atom. The van der Waals surface area contributed by atoms with Crippen LogP contribution in [0.5, 0.6) is 0 Å². The first-order valence-electron chi connectivity index (χ1n) is 6.46. The van der Waals surface area contributed by atoms with Crippen molar-refractivity contribution in [2.24, 2.45) is 5.92 Å². The van der Waals surface area contributed by atoms with E-state index in [0.717, 1.165) is 5.56 Å². The molecule has 4 nitrogen and oxygen atoms in total. The second-order valence-electron chi connectivity index (χ2n) is 5.00. The first-order valence-corrected chi connectivity index (χ1v) is 6.83. The van der Waals surface area contributed by atoms with E-state index in [1.807, 2.05) is 0 Å². The molecule has 1 aliphatic carbocycles. The number of carboxylic acids is 1. The second-order valence-corrected chi connectivity index (χ2v) is 5.40. The Morgan fingerprint density at radius 1 is 1.38 bits per heavy atom. The van der Waals surface area contributed by atoms with Crippen LogP contribution in [0, 0.1) is 5.92 Å². The van der Waals surface area contributed by atoms with Crippen molar-refractivity contribution in [3.05, 3.63) is 34.9 Å². The molecule has 0 heterocycles. The lowest BCUT2D eigenvalue weighted by Gasteiger charge is -2.14. The van der Waals surface area contributed by atoms with Crippen LogP contribution in [0.2, 0.25) is 5.02 Å². The molecule has 0 saturated heterocycles. The standard InChI is InChI=1S/C14H14ClF2NO3/c15-10-4-2-1-3-7(10)8-5-9(8)13(19)18-11(14(20)21)6-12(16)17/h1-4,8-9,11-12H,5-6H2,(H,18,19)(H,20,21). The van der Waals surface area contributed by atoms with E-state index in [2.05, 4.69) is 5.32 Å². The zero-order valence-electron chi connectivity index (χ0n) is 10.9. The molecule has 1 aliphatic rings. The molecule has 0 radical (unpaired) electrons. The molecule has 2 rings (SSSR count). The van der Waals surface area contributed by atoms with Gasteiger partial charge in [0, 0.05) is 17.4 Å². The van der Waals surface area contributed by atoms with Crippen molar-refractivity contribution in [1.82, 2.24) is 5.32 Å². The van der Waals surface area contributed by atoms with Gasteiger partial charge in [0.2, 0.25) is 12.3 Å². The molecule has 3 unspecified atom stereocenters. The van der Waals surface area contributed by atoms with Gasteiger partial charge in [0.1, 0.15) is 6.04 Å². The molecule has 114 valence electrons. The summed E-state index contributed by atoms with van der Waals surface area (Å²) >= 11 is 6.03. The maximum Gasteiger partial charge on any atom is 0.326 e. The Hall–Kier alpha value is -1.69. The van der Waals surface area contributed by atoms with Gasteiger partial charge in [0.05, 0.1) is 0 Å². The molecule has 21 heavy (non-hydrogen) atoms. The molecule has 7 heteroatoms. The van der Waals surface area contributed by atoms with Crippen LogP contribution in [0.25, 0.3) is 0 Å². The average molecular weight is 318 g/mol. The van der Waals surface area contributed by atoms with E-state index in [-0.39, 0.29) is 5.92 Å². The molecule has 3 atom stereocenters. The van der Waals surface area contributed by atoms with Crippen LogP contribution in [0.1, 0.15) is 24.3 Å². The lowest BCUT2D eigenvalue weighted by atomic mass is 10.1. The molecule has 1 fully saturated rings. The van der Waals surface area contributed by atoms with Crippen molar-refractivity contribution in [2.75, 3.05) is 0 Å². The number of carbonyl (C=O) groups excluding carboxylic acids is 1. The van der Waals surface area contributed by atoms with Gasteiger partial charge in [0.25, 0.3) is 0 Å². The number of carbonyl (C=O) groups is 2. The normalized spacial score (nSPS) is 21.9. The Bertz CT molecular complexity index is 553. The Labute approximate surface area is 125 Å². The summed E-state index contributed by atoms with van der Waals surface area (Å²) in [5, 5.41) is 11.5. The van der Waals surface area contributed by atoms with Gasteiger partial charge >= 0.3 is 5.97 Å². The molecule has 0 spiro atoms. The lowest BCUT2D eigenvalue weighted by Crippen LogP contribution is -2.42. The van der Waals surface area contributed by atoms with Gasteiger partial charge in [-0.3, -0.25) is 4.79 Å². The summed E-state index contributed by atoms with van der Waals surface area (Å²) in [6, 6.07) is 5.51. The largest absolute Gasteiger partial charge is 0.480 e. The van der Waals surface area contributed by atoms with Crippen molar-refractivity contribution in [2.45, 2.75) is 31.2 Å². The maximum atomic E-state index is 12.3. The summed E-state index contributed by atoms with van der Waals surface area (Å²) in [5.74, 6) is -2.48. The van der Waals surface area contributed by atoms with Crippen LogP contribution in [0.3, 0.4) is 0 Å². The number of carboxylic acid groups (broad SMARTS) is 1. The van der Waals surface area contributed by atoms with Crippen molar-refractivity contribution in [3.63, 3.8) is 0 Å². The number of aliphatic carboxylic acids is 1. The van der Waals surface area contributed by atoms with Gasteiger partial charge in [-0.25, -0.2) is 13.6 Å². The fourth-order valence-electron chi connectivity index (χ4n) is 2.28. The fourth-order valence-corrected chi connectivity index (χ4v) is 2.56. The Morgan fingerprint density at radius 2 is 2.05 bits per heavy atom. The second kappa shape index (κ2) is 6.39. The third-order valence-corrected chi connectivity index (χ3v) is 3.80. The minimum atomic E-state index is -2.79. The van der Waals surface area contributed by atoms with Crippen molar-refractivity contribution < 1.29 is 23.5 Å². The monoisotopic (exact) mass is 317 g/mol. The highest BCUT2D eigenvalue weighted by Gasteiger charge is 2.45. The number of benzene rings is 1. The molecule has 0 aromatic heterocycles. The maximum absolute atomic E-state index is 12.3. The fraction of sp³-hybridized carbons (Fsp3) is 0.429. The molecule has 2 N–H and O–H groups in total. The van der Waals surface area contributed by atoms with Crippen LogP contribution in [-0.2, 0) is 9.59 Å². The Kier molecular flexibility index (Phi) is 4.77. The lowest BCUT2D eigenvalue weighted by molar-refractivity contribution is -0.143. The first kappa shape index (κ1) is 15.7. The minimum Gasteiger partial charge on any atom is -0.480 e. The minimum absolute atomic E-state index is 0.0836. The zero-order valence-corrected chi connectivity index (χ0v) is 11.7. The molecule has 0 bridgehead atoms. The number of alkyl halides is 2. The molecular formula is C14H14ClF2NO3. The summed E-state index contributed by atoms with van der Waals surface area (Å²) in [6.07, 6.45) is -3.15. The average Bonchev–Trinajstić information content (AvgIpc) is 3.18. The van der Waals surface area contributed by atoms with Gasteiger partial charge in [0.15, 0.2) is 0 Å². The van der Waals surface area contributed by atoms with Crippen LogP contribution >= 0.6 is 11.6 Å². The molecule has 0 aliphatic heterocycles. The predicted octanol–water partition coefficient (Wildman–Crippen LogP) is 2.67. The number of rotatable bonds is 6. The van der Waals surface area contributed by atoms with Crippen LogP contribution in [-0.4, -0.2) is 29.5 Å². The number of halogens is 3. The molecular weight excluding hydrogens is 304 g/mol. The van der Waals surface area contributed by atoms with E-state index in [1.54, 1.807) is 24.3 Å². The van der Waals surface area contributed by atoms with Crippen LogP contribution in [0.4, 0.5) is 8.78 Å². The zero-order chi connectivity index (χ0) is 15.6. The van der Waals surface area contributed by atoms with Gasteiger partial charge in [-0.1, -0.05) is 29.8 Å². The summed E-state index contributed by atoms with van der Waals surface area (Å²) in [6.45, 7) is 0. The van der Waals surface area contributed by atoms with Gasteiger partial charge in [-0.2, -0.15) is 0 Å². The highest BCUT2D eigenvalue weighted by atomic mass is 35.5. The van der Waals surface area contributed by atoms with Crippen LogP contribution in [0.15, 0.2) is 24.3 Å². The molecule has 1 amide bonds. The number of hydrogen-bond acceptors (Lipinski definition) is 2. The first-order chi connectivity index (χ1) is 9.90. The van der Waals surface area contributed by atoms with Crippen molar-refractivity contribution in [3.8, 4) is 0 Å². The van der Waals surface area contributed by atoms with E-state index in [4.69, 9.17) is 16.7 Å². The highest BCUT2D eigenvalue weighted by Crippen LogP contribution is 2.49. The number of nitrogens with one attached hydrogen (secondary N) is 1. The topological polar surface area (TPSA) is 66.4 Å². The molecule has 1 aromatic carbocycles. The van der Waals surface area contributed by atoms with E-state index in [9.17, 15) is 18.4 Å². The van der Waals surface area contributed by atoms with Gasteiger partial charge < -0.3 is 10.4 Å². The van der Waals surface area contributed by atoms with E-state index in [0.29, 0.717) is 11.4 Å². The van der Waals surface area contributed by atoms with Crippen molar-refractivity contribution >= 4 is 23.5 Å². The summed E-state index contributed by atoms with van der Waals surface area (Å²) in [5.41, 5.74) is 0.819. The summed E-state index contributed by atoms with van der Waals surface area (Å²) < 4.78 is 24.5. The van der Waals surface area contributed by atoms with Gasteiger partial charge in [-0.05, 0) is 24.0 Å². The summed E-state index contributed by atoms with van der Waals surface area (Å²) in [7, 11) is 0. The predicted molar refractivity (Wildman–Crippen MR) is 72.5 cm³/mol. The third-order valence-electron chi connectivity index (χ3n) is 3.46. The number of amides is 1. The van der Waals surface area contributed by atoms with Gasteiger partial charge in [-0.15, -0.1) is 0 Å². The quantitative estimate of drug-likeness (QED) is 0.847. The Balaban J connectivity index is 1.96. The van der Waals surface area contributed by atoms with E-state index >= 15 is 0 Å². The van der Waals surface area contributed by atoms with Crippen molar-refractivity contribution in [1.29, 1.82) is 0 Å². The summed E-state index contributed by atoms with van der Waals surface area (Å²) in [4.78, 5) is 22.8. The molecule has 1 aromatic rings. The van der Waals surface area contributed by atoms with E-state index in [1.165, 1.54) is 0 Å². The molecule has 1 saturated carbocycles. The number of hydrogen-bond donors (Lipinski definition) is 2.